The van der Waals surface area contributed by atoms with Crippen LogP contribution in [0.15, 0.2) is 12.4 Å². The number of amides is 1. The van der Waals surface area contributed by atoms with Crippen LogP contribution in [0, 0.1) is 0 Å². The summed E-state index contributed by atoms with van der Waals surface area (Å²) in [4.78, 5) is 16.4. The second kappa shape index (κ2) is 6.57. The van der Waals surface area contributed by atoms with Gasteiger partial charge in [0.15, 0.2) is 5.82 Å². The molecule has 0 spiro atoms. The number of nitrogens with two attached hydrogens (primary N) is 1. The van der Waals surface area contributed by atoms with Gasteiger partial charge in [0.05, 0.1) is 0 Å². The van der Waals surface area contributed by atoms with Crippen molar-refractivity contribution in [3.05, 3.63) is 23.8 Å². The van der Waals surface area contributed by atoms with Crippen LogP contribution in [0.2, 0.25) is 0 Å². The van der Waals surface area contributed by atoms with Gasteiger partial charge in [0, 0.05) is 38.4 Å². The minimum Gasteiger partial charge on any atom is -0.382 e. The van der Waals surface area contributed by atoms with E-state index in [9.17, 15) is 4.79 Å². The Morgan fingerprint density at radius 1 is 1.52 bits per heavy atom. The molecule has 0 atom stereocenters. The molecule has 0 unspecified atom stereocenters. The molecule has 2 heterocycles. The number of hydrogen-bond donors (Lipinski definition) is 3. The Kier molecular flexibility index (Phi) is 4.79. The summed E-state index contributed by atoms with van der Waals surface area (Å²) in [7, 11) is 1.95. The number of nitrogens with one attached hydrogen (secondary N) is 2. The summed E-state index contributed by atoms with van der Waals surface area (Å²) < 4.78 is 6.02. The molecule has 2 rings (SSSR count). The van der Waals surface area contributed by atoms with Crippen LogP contribution >= 0.6 is 11.5 Å². The van der Waals surface area contributed by atoms with Crippen molar-refractivity contribution in [1.29, 1.82) is 0 Å². The number of nitrogen functional groups attached to an aromatic ring is 1. The van der Waals surface area contributed by atoms with Crippen LogP contribution in [-0.4, -0.2) is 32.4 Å². The summed E-state index contributed by atoms with van der Waals surface area (Å²) in [6, 6.07) is 0.0530. The first-order chi connectivity index (χ1) is 9.99. The molecule has 2 aromatic heterocycles. The first-order valence-corrected chi connectivity index (χ1v) is 7.52. The van der Waals surface area contributed by atoms with E-state index < -0.39 is 0 Å². The lowest BCUT2D eigenvalue weighted by Gasteiger charge is -2.10. The molecule has 0 saturated heterocycles. The minimum absolute atomic E-state index is 0.0530. The number of carbonyl (C=O) groups is 1. The zero-order valence-electron chi connectivity index (χ0n) is 12.4. The van der Waals surface area contributed by atoms with Gasteiger partial charge in [-0.3, -0.25) is 4.79 Å². The number of nitrogens with zero attached hydrogens (tertiary/aromatic N) is 3. The summed E-state index contributed by atoms with van der Waals surface area (Å²) in [6.07, 6.45) is 4.43. The molecule has 0 fully saturated rings. The van der Waals surface area contributed by atoms with Crippen LogP contribution in [-0.2, 0) is 13.5 Å². The van der Waals surface area contributed by atoms with Gasteiger partial charge >= 0.3 is 0 Å². The SMILES string of the molecule is CC(C)NC(=O)c1c(N)nsc1NCCc1nccn1C. The number of hydrogen-bond acceptors (Lipinski definition) is 6. The van der Waals surface area contributed by atoms with Crippen LogP contribution in [0.5, 0.6) is 0 Å². The molecule has 0 aliphatic rings. The highest BCUT2D eigenvalue weighted by molar-refractivity contribution is 7.11. The summed E-state index contributed by atoms with van der Waals surface area (Å²) >= 11 is 1.20. The van der Waals surface area contributed by atoms with Gasteiger partial charge in [0.1, 0.15) is 16.4 Å². The molecule has 0 radical (unpaired) electrons. The Labute approximate surface area is 127 Å². The van der Waals surface area contributed by atoms with Gasteiger partial charge in [-0.1, -0.05) is 0 Å². The van der Waals surface area contributed by atoms with E-state index in [1.807, 2.05) is 31.7 Å². The van der Waals surface area contributed by atoms with Crippen molar-refractivity contribution in [1.82, 2.24) is 19.2 Å². The average molecular weight is 308 g/mol. The minimum atomic E-state index is -0.198. The lowest BCUT2D eigenvalue weighted by molar-refractivity contribution is 0.0945. The zero-order valence-corrected chi connectivity index (χ0v) is 13.2. The fourth-order valence-corrected chi connectivity index (χ4v) is 2.64. The Morgan fingerprint density at radius 3 is 2.90 bits per heavy atom. The first-order valence-electron chi connectivity index (χ1n) is 6.75. The van der Waals surface area contributed by atoms with Crippen molar-refractivity contribution in [3.8, 4) is 0 Å². The molecule has 0 aliphatic carbocycles. The highest BCUT2D eigenvalue weighted by Crippen LogP contribution is 2.26. The zero-order chi connectivity index (χ0) is 15.4. The van der Waals surface area contributed by atoms with Gasteiger partial charge < -0.3 is 20.9 Å². The second-order valence-electron chi connectivity index (χ2n) is 5.03. The molecule has 21 heavy (non-hydrogen) atoms. The summed E-state index contributed by atoms with van der Waals surface area (Å²) in [5.74, 6) is 1.04. The van der Waals surface area contributed by atoms with E-state index in [4.69, 9.17) is 5.73 Å². The van der Waals surface area contributed by atoms with Crippen molar-refractivity contribution in [3.63, 3.8) is 0 Å². The predicted molar refractivity (Wildman–Crippen MR) is 84.5 cm³/mol. The van der Waals surface area contributed by atoms with E-state index in [0.717, 1.165) is 12.2 Å². The Hall–Kier alpha value is -2.09. The number of aromatic nitrogens is 3. The number of carbonyl (C=O) groups excluding carboxylic acids is 1. The van der Waals surface area contributed by atoms with E-state index in [-0.39, 0.29) is 17.8 Å². The van der Waals surface area contributed by atoms with E-state index >= 15 is 0 Å². The molecule has 0 aliphatic heterocycles. The number of aryl methyl sites for hydroxylation is 1. The van der Waals surface area contributed by atoms with Crippen LogP contribution in [0.1, 0.15) is 30.0 Å². The molecular weight excluding hydrogens is 288 g/mol. The highest BCUT2D eigenvalue weighted by Gasteiger charge is 2.19. The molecule has 1 amide bonds. The Balaban J connectivity index is 2.00. The monoisotopic (exact) mass is 308 g/mol. The maximum Gasteiger partial charge on any atom is 0.258 e. The summed E-state index contributed by atoms with van der Waals surface area (Å²) in [5.41, 5.74) is 6.22. The lowest BCUT2D eigenvalue weighted by Crippen LogP contribution is -2.31. The highest BCUT2D eigenvalue weighted by atomic mass is 32.1. The third-order valence-electron chi connectivity index (χ3n) is 2.92. The molecule has 2 aromatic rings. The van der Waals surface area contributed by atoms with E-state index in [1.165, 1.54) is 11.5 Å². The van der Waals surface area contributed by atoms with E-state index in [1.54, 1.807) is 6.20 Å². The molecule has 0 saturated carbocycles. The second-order valence-corrected chi connectivity index (χ2v) is 5.80. The largest absolute Gasteiger partial charge is 0.382 e. The number of imidazole rings is 1. The standard InChI is InChI=1S/C13H20N6OS/c1-8(2)17-12(20)10-11(14)18-21-13(10)16-5-4-9-15-6-7-19(9)3/h6-8,16H,4-5H2,1-3H3,(H2,14,18)(H,17,20). The third kappa shape index (κ3) is 3.72. The lowest BCUT2D eigenvalue weighted by atomic mass is 10.2. The van der Waals surface area contributed by atoms with Crippen molar-refractivity contribution in [2.24, 2.45) is 7.05 Å². The van der Waals surface area contributed by atoms with Gasteiger partial charge in [-0.25, -0.2) is 4.98 Å². The first kappa shape index (κ1) is 15.3. The molecular formula is C13H20N6OS. The van der Waals surface area contributed by atoms with Gasteiger partial charge in [0.25, 0.3) is 5.91 Å². The van der Waals surface area contributed by atoms with Crippen LogP contribution in [0.3, 0.4) is 0 Å². The topological polar surface area (TPSA) is 97.9 Å². The van der Waals surface area contributed by atoms with Crippen molar-refractivity contribution < 1.29 is 4.79 Å². The molecule has 0 bridgehead atoms. The fourth-order valence-electron chi connectivity index (χ4n) is 1.90. The van der Waals surface area contributed by atoms with Crippen LogP contribution < -0.4 is 16.4 Å². The molecule has 8 heteroatoms. The quantitative estimate of drug-likeness (QED) is 0.746. The third-order valence-corrected chi connectivity index (χ3v) is 3.74. The van der Waals surface area contributed by atoms with Crippen molar-refractivity contribution >= 4 is 28.3 Å². The predicted octanol–water partition coefficient (Wildman–Crippen LogP) is 1.25. The normalized spacial score (nSPS) is 10.9. The van der Waals surface area contributed by atoms with Gasteiger partial charge in [-0.2, -0.15) is 4.37 Å². The number of rotatable bonds is 6. The van der Waals surface area contributed by atoms with Crippen LogP contribution in [0.4, 0.5) is 10.8 Å². The molecule has 0 aromatic carbocycles. The average Bonchev–Trinajstić information content (AvgIpc) is 2.96. The smallest absolute Gasteiger partial charge is 0.258 e. The summed E-state index contributed by atoms with van der Waals surface area (Å²) in [5, 5.41) is 6.74. The molecule has 7 nitrogen and oxygen atoms in total. The van der Waals surface area contributed by atoms with Crippen LogP contribution in [0.25, 0.3) is 0 Å². The van der Waals surface area contributed by atoms with Gasteiger partial charge in [-0.15, -0.1) is 0 Å². The fraction of sp³-hybridized carbons (Fsp3) is 0.462. The van der Waals surface area contributed by atoms with E-state index in [2.05, 4.69) is 20.0 Å². The Morgan fingerprint density at radius 2 is 2.29 bits per heavy atom. The molecule has 4 N–H and O–H groups in total. The Bertz CT molecular complexity index is 618. The molecule has 114 valence electrons. The van der Waals surface area contributed by atoms with E-state index in [0.29, 0.717) is 17.1 Å². The van der Waals surface area contributed by atoms with Crippen molar-refractivity contribution in [2.75, 3.05) is 17.6 Å². The maximum absolute atomic E-state index is 12.1. The van der Waals surface area contributed by atoms with Gasteiger partial charge in [-0.05, 0) is 25.4 Å². The van der Waals surface area contributed by atoms with Gasteiger partial charge in [0.2, 0.25) is 0 Å². The maximum atomic E-state index is 12.1. The van der Waals surface area contributed by atoms with Crippen molar-refractivity contribution in [2.45, 2.75) is 26.3 Å². The number of anilines is 2. The summed E-state index contributed by atoms with van der Waals surface area (Å²) in [6.45, 7) is 4.47.